The number of carbonyl (C=O) groups is 1. The van der Waals surface area contributed by atoms with Gasteiger partial charge in [-0.3, -0.25) is 4.79 Å². The van der Waals surface area contributed by atoms with Crippen LogP contribution in [-0.2, 0) is 4.79 Å². The second-order valence-corrected chi connectivity index (χ2v) is 5.79. The van der Waals surface area contributed by atoms with Gasteiger partial charge >= 0.3 is 0 Å². The van der Waals surface area contributed by atoms with Gasteiger partial charge in [0.15, 0.2) is 0 Å². The van der Waals surface area contributed by atoms with Crippen LogP contribution in [0.25, 0.3) is 0 Å². The van der Waals surface area contributed by atoms with E-state index >= 15 is 0 Å². The Hall–Kier alpha value is -1.84. The summed E-state index contributed by atoms with van der Waals surface area (Å²) in [6.07, 6.45) is 2.00. The average molecular weight is 331 g/mol. The minimum atomic E-state index is -0.239. The zero-order valence-electron chi connectivity index (χ0n) is 13.1. The van der Waals surface area contributed by atoms with Gasteiger partial charge in [-0.1, -0.05) is 60.7 Å². The molecule has 0 bridgehead atoms. The van der Waals surface area contributed by atoms with Crippen LogP contribution in [0.2, 0.25) is 0 Å². The fraction of sp³-hybridized carbons (Fsp3) is 0.316. The summed E-state index contributed by atoms with van der Waals surface area (Å²) < 4.78 is 0. The summed E-state index contributed by atoms with van der Waals surface area (Å²) in [5.41, 5.74) is 2.08. The van der Waals surface area contributed by atoms with Gasteiger partial charge in [0.1, 0.15) is 0 Å². The SMILES string of the molecule is Cl.O=C(NC1CCNCC1)C(c1ccccc1)c1ccccc1. The van der Waals surface area contributed by atoms with Crippen LogP contribution in [0.1, 0.15) is 29.9 Å². The lowest BCUT2D eigenvalue weighted by Crippen LogP contribution is -2.44. The molecule has 0 aromatic heterocycles. The van der Waals surface area contributed by atoms with Gasteiger partial charge in [-0.2, -0.15) is 0 Å². The molecule has 2 aromatic carbocycles. The van der Waals surface area contributed by atoms with Crippen molar-refractivity contribution in [1.29, 1.82) is 0 Å². The van der Waals surface area contributed by atoms with E-state index in [9.17, 15) is 4.79 Å². The summed E-state index contributed by atoms with van der Waals surface area (Å²) >= 11 is 0. The largest absolute Gasteiger partial charge is 0.352 e. The van der Waals surface area contributed by atoms with Crippen molar-refractivity contribution in [1.82, 2.24) is 10.6 Å². The minimum absolute atomic E-state index is 0. The van der Waals surface area contributed by atoms with E-state index in [-0.39, 0.29) is 30.3 Å². The molecule has 0 aliphatic carbocycles. The first-order valence-corrected chi connectivity index (χ1v) is 7.95. The Labute approximate surface area is 143 Å². The molecule has 0 spiro atoms. The minimum Gasteiger partial charge on any atom is -0.352 e. The van der Waals surface area contributed by atoms with Crippen LogP contribution in [0.4, 0.5) is 0 Å². The van der Waals surface area contributed by atoms with Gasteiger partial charge in [0.25, 0.3) is 0 Å². The summed E-state index contributed by atoms with van der Waals surface area (Å²) in [6, 6.07) is 20.3. The molecule has 1 saturated heterocycles. The quantitative estimate of drug-likeness (QED) is 0.904. The summed E-state index contributed by atoms with van der Waals surface area (Å²) in [5.74, 6) is -0.137. The second-order valence-electron chi connectivity index (χ2n) is 5.79. The van der Waals surface area contributed by atoms with E-state index in [4.69, 9.17) is 0 Å². The number of carbonyl (C=O) groups excluding carboxylic acids is 1. The van der Waals surface area contributed by atoms with E-state index in [1.165, 1.54) is 0 Å². The van der Waals surface area contributed by atoms with Crippen molar-refractivity contribution in [3.8, 4) is 0 Å². The van der Waals surface area contributed by atoms with E-state index in [1.54, 1.807) is 0 Å². The van der Waals surface area contributed by atoms with Gasteiger partial charge < -0.3 is 10.6 Å². The third-order valence-corrected chi connectivity index (χ3v) is 4.21. The lowest BCUT2D eigenvalue weighted by Gasteiger charge is -2.26. The van der Waals surface area contributed by atoms with E-state index in [0.29, 0.717) is 0 Å². The van der Waals surface area contributed by atoms with Crippen molar-refractivity contribution in [2.45, 2.75) is 24.8 Å². The number of piperidine rings is 1. The smallest absolute Gasteiger partial charge is 0.232 e. The van der Waals surface area contributed by atoms with Crippen LogP contribution in [0.5, 0.6) is 0 Å². The molecule has 2 aromatic rings. The highest BCUT2D eigenvalue weighted by atomic mass is 35.5. The van der Waals surface area contributed by atoms with Crippen LogP contribution in [-0.4, -0.2) is 25.0 Å². The molecular weight excluding hydrogens is 308 g/mol. The number of nitrogens with one attached hydrogen (secondary N) is 2. The van der Waals surface area contributed by atoms with Gasteiger partial charge in [-0.25, -0.2) is 0 Å². The Morgan fingerprint density at radius 1 is 0.913 bits per heavy atom. The Balaban J connectivity index is 0.00000192. The first-order chi connectivity index (χ1) is 10.8. The molecule has 0 radical (unpaired) electrons. The molecule has 1 aliphatic rings. The van der Waals surface area contributed by atoms with E-state index in [0.717, 1.165) is 37.1 Å². The Morgan fingerprint density at radius 3 is 1.87 bits per heavy atom. The highest BCUT2D eigenvalue weighted by molar-refractivity contribution is 5.87. The highest BCUT2D eigenvalue weighted by Crippen LogP contribution is 2.25. The molecule has 2 N–H and O–H groups in total. The molecule has 1 heterocycles. The maximum Gasteiger partial charge on any atom is 0.232 e. The predicted molar refractivity (Wildman–Crippen MR) is 96.0 cm³/mol. The lowest BCUT2D eigenvalue weighted by atomic mass is 9.90. The van der Waals surface area contributed by atoms with Crippen LogP contribution < -0.4 is 10.6 Å². The van der Waals surface area contributed by atoms with Crippen molar-refractivity contribution in [2.75, 3.05) is 13.1 Å². The van der Waals surface area contributed by atoms with Crippen LogP contribution >= 0.6 is 12.4 Å². The van der Waals surface area contributed by atoms with Crippen LogP contribution in [0.3, 0.4) is 0 Å². The molecule has 3 rings (SSSR count). The van der Waals surface area contributed by atoms with E-state index in [2.05, 4.69) is 10.6 Å². The fourth-order valence-electron chi connectivity index (χ4n) is 3.04. The molecule has 122 valence electrons. The topological polar surface area (TPSA) is 41.1 Å². The Morgan fingerprint density at radius 2 is 1.39 bits per heavy atom. The van der Waals surface area contributed by atoms with Crippen molar-refractivity contribution in [2.24, 2.45) is 0 Å². The maximum atomic E-state index is 12.9. The second kappa shape index (κ2) is 8.70. The Bertz CT molecular complexity index is 558. The first-order valence-electron chi connectivity index (χ1n) is 7.95. The summed E-state index contributed by atoms with van der Waals surface area (Å²) in [4.78, 5) is 12.9. The van der Waals surface area contributed by atoms with Gasteiger partial charge in [0, 0.05) is 6.04 Å². The molecule has 4 heteroatoms. The lowest BCUT2D eigenvalue weighted by molar-refractivity contribution is -0.122. The van der Waals surface area contributed by atoms with E-state index in [1.807, 2.05) is 60.7 Å². The van der Waals surface area contributed by atoms with Crippen molar-refractivity contribution in [3.05, 3.63) is 71.8 Å². The number of hydrogen-bond acceptors (Lipinski definition) is 2. The normalized spacial score (nSPS) is 15.0. The van der Waals surface area contributed by atoms with Gasteiger partial charge in [-0.15, -0.1) is 12.4 Å². The van der Waals surface area contributed by atoms with Crippen molar-refractivity contribution in [3.63, 3.8) is 0 Å². The molecule has 1 aliphatic heterocycles. The standard InChI is InChI=1S/C19H22N2O.ClH/c22-19(21-17-11-13-20-14-12-17)18(15-7-3-1-4-8-15)16-9-5-2-6-10-16;/h1-10,17-18,20H,11-14H2,(H,21,22);1H. The molecule has 1 amide bonds. The van der Waals surface area contributed by atoms with Gasteiger partial charge in [0.2, 0.25) is 5.91 Å². The molecule has 3 nitrogen and oxygen atoms in total. The summed E-state index contributed by atoms with van der Waals surface area (Å²) in [6.45, 7) is 1.96. The molecule has 1 fully saturated rings. The molecule has 0 saturated carbocycles. The van der Waals surface area contributed by atoms with Crippen LogP contribution in [0, 0.1) is 0 Å². The molecule has 0 atom stereocenters. The Kier molecular flexibility index (Phi) is 6.63. The number of benzene rings is 2. The molecular formula is C19H23ClN2O. The molecule has 23 heavy (non-hydrogen) atoms. The summed E-state index contributed by atoms with van der Waals surface area (Å²) in [7, 11) is 0. The maximum absolute atomic E-state index is 12.9. The summed E-state index contributed by atoms with van der Waals surface area (Å²) in [5, 5.41) is 6.57. The first kappa shape index (κ1) is 17.5. The number of hydrogen-bond donors (Lipinski definition) is 2. The number of amides is 1. The van der Waals surface area contributed by atoms with E-state index < -0.39 is 0 Å². The molecule has 0 unspecified atom stereocenters. The highest BCUT2D eigenvalue weighted by Gasteiger charge is 2.25. The third-order valence-electron chi connectivity index (χ3n) is 4.21. The number of rotatable bonds is 4. The zero-order valence-corrected chi connectivity index (χ0v) is 13.9. The average Bonchev–Trinajstić information content (AvgIpc) is 2.58. The third kappa shape index (κ3) is 4.57. The van der Waals surface area contributed by atoms with Crippen LogP contribution in [0.15, 0.2) is 60.7 Å². The van der Waals surface area contributed by atoms with Gasteiger partial charge in [0.05, 0.1) is 5.92 Å². The van der Waals surface area contributed by atoms with Crippen molar-refractivity contribution >= 4 is 18.3 Å². The zero-order chi connectivity index (χ0) is 15.2. The number of halogens is 1. The van der Waals surface area contributed by atoms with Crippen molar-refractivity contribution < 1.29 is 4.79 Å². The fourth-order valence-corrected chi connectivity index (χ4v) is 3.04. The van der Waals surface area contributed by atoms with Gasteiger partial charge in [-0.05, 0) is 37.1 Å². The monoisotopic (exact) mass is 330 g/mol. The predicted octanol–water partition coefficient (Wildman–Crippen LogP) is 3.11.